The van der Waals surface area contributed by atoms with Crippen molar-refractivity contribution in [1.82, 2.24) is 19.3 Å². The molecule has 3 heterocycles. The van der Waals surface area contributed by atoms with Crippen molar-refractivity contribution in [1.29, 1.82) is 0 Å². The molecule has 0 radical (unpaired) electrons. The normalized spacial score (nSPS) is 20.9. The number of piperazine rings is 1. The largest absolute Gasteiger partial charge is 0.361 e. The zero-order chi connectivity index (χ0) is 24.4. The molecule has 35 heavy (non-hydrogen) atoms. The summed E-state index contributed by atoms with van der Waals surface area (Å²) in [6, 6.07) is 14.3. The number of carbonyl (C=O) groups is 1. The summed E-state index contributed by atoms with van der Waals surface area (Å²) in [5, 5.41) is 1.39. The number of sulfonamides is 1. The number of H-pyrrole nitrogens is 1. The maximum atomic E-state index is 13.8. The Labute approximate surface area is 204 Å². The summed E-state index contributed by atoms with van der Waals surface area (Å²) in [5.41, 5.74) is 2.84. The number of fused-ring (bicyclic) bond motifs is 1. The first-order valence-electron chi connectivity index (χ1n) is 11.8. The van der Waals surface area contributed by atoms with Gasteiger partial charge in [0.15, 0.2) is 5.37 Å². The second-order valence-electron chi connectivity index (χ2n) is 9.11. The third kappa shape index (κ3) is 4.97. The van der Waals surface area contributed by atoms with Crippen molar-refractivity contribution < 1.29 is 22.4 Å². The Morgan fingerprint density at radius 1 is 1.06 bits per heavy atom. The number of benzene rings is 2. The van der Waals surface area contributed by atoms with Crippen LogP contribution in [-0.4, -0.2) is 72.2 Å². The maximum Gasteiger partial charge on any atom is 0.234 e. The van der Waals surface area contributed by atoms with Gasteiger partial charge in [0.1, 0.15) is 5.82 Å². The highest BCUT2D eigenvalue weighted by Crippen LogP contribution is 2.35. The highest BCUT2D eigenvalue weighted by molar-refractivity contribution is 7.89. The number of hydrogen-bond donors (Lipinski definition) is 1. The summed E-state index contributed by atoms with van der Waals surface area (Å²) in [6.07, 6.45) is 3.87. The van der Waals surface area contributed by atoms with Crippen LogP contribution in [0.15, 0.2) is 54.7 Å². The zero-order valence-corrected chi connectivity index (χ0v) is 20.2. The molecule has 1 N–H and O–H groups in total. The number of aromatic amines is 1. The number of amides is 1. The highest BCUT2D eigenvalue weighted by Gasteiger charge is 2.42. The van der Waals surface area contributed by atoms with E-state index < -0.39 is 15.4 Å². The van der Waals surface area contributed by atoms with Gasteiger partial charge in [-0.1, -0.05) is 30.3 Å². The lowest BCUT2D eigenvalue weighted by Crippen LogP contribution is -2.59. The van der Waals surface area contributed by atoms with E-state index in [4.69, 9.17) is 4.84 Å². The average molecular weight is 501 g/mol. The summed E-state index contributed by atoms with van der Waals surface area (Å²) >= 11 is 0. The molecule has 2 aliphatic rings. The van der Waals surface area contributed by atoms with Gasteiger partial charge in [0.2, 0.25) is 16.4 Å². The van der Waals surface area contributed by atoms with Crippen LogP contribution in [0.3, 0.4) is 0 Å². The molecule has 1 aromatic heterocycles. The standard InChI is InChI=1S/C25H29FN4O4S/c26-21-6-7-24-22(14-21)23(15-27-24)20-8-10-29(11-9-20)35(32,33)25-16-28(18-31)12-13-30(25)34-17-19-4-2-1-3-5-19/h1-7,14-15,18,20,25,27H,8-13,16-17H2. The van der Waals surface area contributed by atoms with Crippen LogP contribution in [0.2, 0.25) is 0 Å². The topological polar surface area (TPSA) is 85.9 Å². The molecule has 10 heteroatoms. The number of nitrogens with zero attached hydrogens (tertiary/aromatic N) is 3. The predicted molar refractivity (Wildman–Crippen MR) is 130 cm³/mol. The van der Waals surface area contributed by atoms with E-state index in [0.717, 1.165) is 22.0 Å². The number of halogens is 1. The first-order valence-corrected chi connectivity index (χ1v) is 13.3. The Morgan fingerprint density at radius 2 is 1.83 bits per heavy atom. The third-order valence-corrected chi connectivity index (χ3v) is 9.14. The lowest BCUT2D eigenvalue weighted by atomic mass is 9.90. The summed E-state index contributed by atoms with van der Waals surface area (Å²) in [6.45, 7) is 1.75. The number of piperidine rings is 1. The molecule has 186 valence electrons. The molecular formula is C25H29FN4O4S. The van der Waals surface area contributed by atoms with Gasteiger partial charge in [-0.05, 0) is 48.1 Å². The summed E-state index contributed by atoms with van der Waals surface area (Å²) in [7, 11) is -3.76. The van der Waals surface area contributed by atoms with Crippen LogP contribution in [0.25, 0.3) is 10.9 Å². The fraction of sp³-hybridized carbons (Fsp3) is 0.400. The van der Waals surface area contributed by atoms with Crippen molar-refractivity contribution in [3.05, 3.63) is 71.7 Å². The number of carbonyl (C=O) groups excluding carboxylic acids is 1. The van der Waals surface area contributed by atoms with Crippen LogP contribution >= 0.6 is 0 Å². The Bertz CT molecular complexity index is 1280. The van der Waals surface area contributed by atoms with E-state index >= 15 is 0 Å². The van der Waals surface area contributed by atoms with Crippen LogP contribution in [0.1, 0.15) is 29.9 Å². The van der Waals surface area contributed by atoms with Crippen LogP contribution in [0.5, 0.6) is 0 Å². The van der Waals surface area contributed by atoms with Gasteiger partial charge in [-0.25, -0.2) is 17.1 Å². The lowest BCUT2D eigenvalue weighted by Gasteiger charge is -2.41. The fourth-order valence-electron chi connectivity index (χ4n) is 5.02. The lowest BCUT2D eigenvalue weighted by molar-refractivity contribution is -0.197. The Hall–Kier alpha value is -2.79. The van der Waals surface area contributed by atoms with E-state index in [1.807, 2.05) is 36.5 Å². The molecule has 0 saturated carbocycles. The van der Waals surface area contributed by atoms with Crippen molar-refractivity contribution in [2.45, 2.75) is 30.7 Å². The van der Waals surface area contributed by atoms with Gasteiger partial charge in [0.25, 0.3) is 0 Å². The summed E-state index contributed by atoms with van der Waals surface area (Å²) in [4.78, 5) is 22.0. The minimum Gasteiger partial charge on any atom is -0.361 e. The molecule has 8 nitrogen and oxygen atoms in total. The molecule has 0 bridgehead atoms. The van der Waals surface area contributed by atoms with Gasteiger partial charge in [0, 0.05) is 43.3 Å². The Morgan fingerprint density at radius 3 is 2.57 bits per heavy atom. The number of hydrogen-bond acceptors (Lipinski definition) is 5. The molecule has 2 fully saturated rings. The average Bonchev–Trinajstić information content (AvgIpc) is 3.31. The van der Waals surface area contributed by atoms with Crippen LogP contribution in [0, 0.1) is 5.82 Å². The first-order chi connectivity index (χ1) is 17.0. The molecule has 2 saturated heterocycles. The first kappa shape index (κ1) is 23.9. The third-order valence-electron chi connectivity index (χ3n) is 6.98. The van der Waals surface area contributed by atoms with E-state index in [0.29, 0.717) is 45.4 Å². The monoisotopic (exact) mass is 500 g/mol. The molecule has 0 spiro atoms. The second-order valence-corrected chi connectivity index (χ2v) is 11.2. The fourth-order valence-corrected chi connectivity index (χ4v) is 6.92. The van der Waals surface area contributed by atoms with E-state index in [-0.39, 0.29) is 24.9 Å². The van der Waals surface area contributed by atoms with Crippen molar-refractivity contribution in [3.8, 4) is 0 Å². The van der Waals surface area contributed by atoms with Crippen molar-refractivity contribution in [2.24, 2.45) is 0 Å². The van der Waals surface area contributed by atoms with Gasteiger partial charge >= 0.3 is 0 Å². The molecule has 0 aliphatic carbocycles. The molecule has 2 aliphatic heterocycles. The van der Waals surface area contributed by atoms with Gasteiger partial charge in [0.05, 0.1) is 13.2 Å². The Kier molecular flexibility index (Phi) is 6.88. The number of rotatable bonds is 7. The molecule has 1 atom stereocenters. The van der Waals surface area contributed by atoms with Crippen molar-refractivity contribution in [3.63, 3.8) is 0 Å². The minimum absolute atomic E-state index is 0.0578. The van der Waals surface area contributed by atoms with E-state index in [9.17, 15) is 17.6 Å². The number of aromatic nitrogens is 1. The second kappa shape index (κ2) is 10.1. The van der Waals surface area contributed by atoms with Gasteiger partial charge in [-0.15, -0.1) is 0 Å². The predicted octanol–water partition coefficient (Wildman–Crippen LogP) is 3.05. The quantitative estimate of drug-likeness (QED) is 0.504. The van der Waals surface area contributed by atoms with Crippen molar-refractivity contribution in [2.75, 3.05) is 32.7 Å². The molecule has 3 aromatic rings. The van der Waals surface area contributed by atoms with Crippen molar-refractivity contribution >= 4 is 27.3 Å². The Balaban J connectivity index is 1.29. The molecule has 1 unspecified atom stereocenters. The number of nitrogens with one attached hydrogen (secondary N) is 1. The molecule has 2 aromatic carbocycles. The highest BCUT2D eigenvalue weighted by atomic mass is 32.2. The van der Waals surface area contributed by atoms with Crippen LogP contribution in [-0.2, 0) is 26.3 Å². The molecule has 1 amide bonds. The van der Waals surface area contributed by atoms with E-state index in [2.05, 4.69) is 4.98 Å². The van der Waals surface area contributed by atoms with Gasteiger partial charge in [-0.3, -0.25) is 9.63 Å². The molecular weight excluding hydrogens is 471 g/mol. The molecule has 5 rings (SSSR count). The summed E-state index contributed by atoms with van der Waals surface area (Å²) in [5.74, 6) is -0.147. The van der Waals surface area contributed by atoms with E-state index in [1.54, 1.807) is 6.07 Å². The van der Waals surface area contributed by atoms with Crippen LogP contribution in [0.4, 0.5) is 4.39 Å². The minimum atomic E-state index is -3.76. The van der Waals surface area contributed by atoms with Crippen LogP contribution < -0.4 is 0 Å². The zero-order valence-electron chi connectivity index (χ0n) is 19.3. The SMILES string of the molecule is O=CN1CCN(OCc2ccccc2)C(S(=O)(=O)N2CCC(c3c[nH]c4ccc(F)cc34)CC2)C1. The summed E-state index contributed by atoms with van der Waals surface area (Å²) < 4.78 is 42.7. The van der Waals surface area contributed by atoms with Gasteiger partial charge < -0.3 is 9.88 Å². The number of hydroxylamine groups is 2. The van der Waals surface area contributed by atoms with E-state index in [1.165, 1.54) is 26.4 Å². The van der Waals surface area contributed by atoms with Gasteiger partial charge in [-0.2, -0.15) is 5.06 Å². The smallest absolute Gasteiger partial charge is 0.234 e. The maximum absolute atomic E-state index is 13.8.